The van der Waals surface area contributed by atoms with E-state index in [1.165, 1.54) is 19.4 Å². The van der Waals surface area contributed by atoms with Crippen molar-refractivity contribution < 1.29 is 4.74 Å². The number of methoxy groups -OCH3 is 1. The summed E-state index contributed by atoms with van der Waals surface area (Å²) < 4.78 is 5.02. The quantitative estimate of drug-likeness (QED) is 0.236. The molecule has 0 bridgehead atoms. The van der Waals surface area contributed by atoms with E-state index < -0.39 is 0 Å². The number of hydrazine groups is 1. The van der Waals surface area contributed by atoms with Gasteiger partial charge in [0.25, 0.3) is 0 Å². The average Bonchev–Trinajstić information content (AvgIpc) is 2.86. The van der Waals surface area contributed by atoms with Gasteiger partial charge in [-0.3, -0.25) is 15.3 Å². The van der Waals surface area contributed by atoms with Crippen LogP contribution < -0.4 is 11.3 Å². The molecule has 0 aliphatic carbocycles. The Hall–Kier alpha value is -0.850. The van der Waals surface area contributed by atoms with Crippen molar-refractivity contribution in [2.75, 3.05) is 46.4 Å². The summed E-state index contributed by atoms with van der Waals surface area (Å²) in [6.07, 6.45) is 3.57. The summed E-state index contributed by atoms with van der Waals surface area (Å²) in [5.41, 5.74) is 2.75. The molecule has 0 spiro atoms. The third kappa shape index (κ3) is 3.34. The number of aliphatic imine (C=N–C) groups is 1. The first-order chi connectivity index (χ1) is 8.85. The summed E-state index contributed by atoms with van der Waals surface area (Å²) in [6, 6.07) is 0.691. The molecule has 6 nitrogen and oxygen atoms in total. The van der Waals surface area contributed by atoms with Gasteiger partial charge in [0.2, 0.25) is 5.96 Å². The second-order valence-electron chi connectivity index (χ2n) is 4.97. The smallest absolute Gasteiger partial charge is 0.208 e. The largest absolute Gasteiger partial charge is 0.385 e. The van der Waals surface area contributed by atoms with E-state index in [-0.39, 0.29) is 0 Å². The van der Waals surface area contributed by atoms with Crippen LogP contribution in [0.25, 0.3) is 0 Å². The Bertz CT molecular complexity index is 284. The zero-order chi connectivity index (χ0) is 12.8. The summed E-state index contributed by atoms with van der Waals surface area (Å²) in [6.45, 7) is 5.96. The van der Waals surface area contributed by atoms with Gasteiger partial charge >= 0.3 is 0 Å². The first kappa shape index (κ1) is 13.6. The van der Waals surface area contributed by atoms with Gasteiger partial charge < -0.3 is 9.64 Å². The number of nitrogens with two attached hydrogens (primary N) is 1. The van der Waals surface area contributed by atoms with Crippen LogP contribution in [0.2, 0.25) is 0 Å². The van der Waals surface area contributed by atoms with Crippen molar-refractivity contribution in [1.29, 1.82) is 0 Å². The lowest BCUT2D eigenvalue weighted by molar-refractivity contribution is 0.148. The molecule has 104 valence electrons. The molecule has 1 unspecified atom stereocenters. The molecule has 2 heterocycles. The van der Waals surface area contributed by atoms with Crippen LogP contribution in [-0.2, 0) is 4.74 Å². The minimum Gasteiger partial charge on any atom is -0.385 e. The van der Waals surface area contributed by atoms with Crippen molar-refractivity contribution in [3.63, 3.8) is 0 Å². The number of fused-ring (bicyclic) bond motifs is 1. The van der Waals surface area contributed by atoms with Crippen LogP contribution in [0, 0.1) is 0 Å². The Morgan fingerprint density at radius 3 is 3.11 bits per heavy atom. The summed E-state index contributed by atoms with van der Waals surface area (Å²) in [5, 5.41) is 0. The maximum atomic E-state index is 5.59. The minimum absolute atomic E-state index is 0.691. The van der Waals surface area contributed by atoms with Gasteiger partial charge in [-0.1, -0.05) is 0 Å². The summed E-state index contributed by atoms with van der Waals surface area (Å²) >= 11 is 0. The van der Waals surface area contributed by atoms with Crippen LogP contribution in [0.4, 0.5) is 0 Å². The second kappa shape index (κ2) is 6.92. The maximum absolute atomic E-state index is 5.59. The van der Waals surface area contributed by atoms with Crippen LogP contribution in [0.5, 0.6) is 0 Å². The predicted octanol–water partition coefficient (Wildman–Crippen LogP) is -0.378. The molecule has 0 aromatic heterocycles. The van der Waals surface area contributed by atoms with E-state index in [1.54, 1.807) is 7.11 Å². The molecule has 6 heteroatoms. The molecule has 1 atom stereocenters. The molecule has 0 radical (unpaired) electrons. The fraction of sp³-hybridized carbons (Fsp3) is 0.917. The number of ether oxygens (including phenoxy) is 1. The number of rotatable bonds is 4. The molecule has 0 saturated carbocycles. The van der Waals surface area contributed by atoms with Crippen molar-refractivity contribution in [2.24, 2.45) is 10.8 Å². The second-order valence-corrected chi connectivity index (χ2v) is 4.97. The Kier molecular flexibility index (Phi) is 5.22. The van der Waals surface area contributed by atoms with Gasteiger partial charge in [0, 0.05) is 45.9 Å². The molecule has 2 saturated heterocycles. The van der Waals surface area contributed by atoms with Crippen LogP contribution >= 0.6 is 0 Å². The van der Waals surface area contributed by atoms with E-state index in [0.717, 1.165) is 45.2 Å². The van der Waals surface area contributed by atoms with E-state index >= 15 is 0 Å². The van der Waals surface area contributed by atoms with Crippen molar-refractivity contribution in [3.05, 3.63) is 0 Å². The number of guanidine groups is 1. The van der Waals surface area contributed by atoms with E-state index in [1.807, 2.05) is 0 Å². The first-order valence-corrected chi connectivity index (χ1v) is 6.84. The highest BCUT2D eigenvalue weighted by atomic mass is 16.5. The van der Waals surface area contributed by atoms with Crippen molar-refractivity contribution in [2.45, 2.75) is 25.3 Å². The zero-order valence-corrected chi connectivity index (χ0v) is 11.3. The molecule has 0 aromatic rings. The molecular weight excluding hydrogens is 230 g/mol. The van der Waals surface area contributed by atoms with Crippen LogP contribution in [-0.4, -0.2) is 68.2 Å². The number of piperazine rings is 1. The van der Waals surface area contributed by atoms with Crippen molar-refractivity contribution >= 4 is 5.96 Å². The third-order valence-electron chi connectivity index (χ3n) is 3.78. The average molecular weight is 255 g/mol. The van der Waals surface area contributed by atoms with E-state index in [2.05, 4.69) is 20.2 Å². The van der Waals surface area contributed by atoms with Crippen LogP contribution in [0.3, 0.4) is 0 Å². The molecule has 0 aromatic carbocycles. The molecule has 2 rings (SSSR count). The van der Waals surface area contributed by atoms with Crippen LogP contribution in [0.15, 0.2) is 4.99 Å². The topological polar surface area (TPSA) is 66.1 Å². The van der Waals surface area contributed by atoms with E-state index in [4.69, 9.17) is 10.6 Å². The fourth-order valence-corrected chi connectivity index (χ4v) is 2.81. The van der Waals surface area contributed by atoms with Gasteiger partial charge in [0.1, 0.15) is 0 Å². The summed E-state index contributed by atoms with van der Waals surface area (Å²) in [5.74, 6) is 6.42. The SMILES string of the molecule is COCCCN=C(NN)N1CCN2CCCC2C1. The molecule has 0 amide bonds. The highest BCUT2D eigenvalue weighted by molar-refractivity contribution is 5.79. The van der Waals surface area contributed by atoms with Gasteiger partial charge in [0.15, 0.2) is 0 Å². The zero-order valence-electron chi connectivity index (χ0n) is 11.3. The monoisotopic (exact) mass is 255 g/mol. The molecule has 3 N–H and O–H groups in total. The standard InChI is InChI=1S/C12H25N5O/c1-18-9-3-5-14-12(15-13)17-8-7-16-6-2-4-11(16)10-17/h11H,2-10,13H2,1H3,(H,14,15). The van der Waals surface area contributed by atoms with E-state index in [9.17, 15) is 0 Å². The molecule has 2 fully saturated rings. The van der Waals surface area contributed by atoms with Gasteiger partial charge in [-0.05, 0) is 25.8 Å². The number of nitrogens with one attached hydrogen (secondary N) is 1. The fourth-order valence-electron chi connectivity index (χ4n) is 2.81. The predicted molar refractivity (Wildman–Crippen MR) is 72.3 cm³/mol. The Labute approximate surface area is 109 Å². The van der Waals surface area contributed by atoms with Gasteiger partial charge in [0.05, 0.1) is 0 Å². The highest BCUT2D eigenvalue weighted by Crippen LogP contribution is 2.21. The van der Waals surface area contributed by atoms with E-state index in [0.29, 0.717) is 6.04 Å². The molecule has 18 heavy (non-hydrogen) atoms. The lowest BCUT2D eigenvalue weighted by Gasteiger charge is -2.38. The van der Waals surface area contributed by atoms with Gasteiger partial charge in [-0.15, -0.1) is 0 Å². The normalized spacial score (nSPS) is 25.3. The highest BCUT2D eigenvalue weighted by Gasteiger charge is 2.31. The van der Waals surface area contributed by atoms with Crippen LogP contribution in [0.1, 0.15) is 19.3 Å². The number of hydrogen-bond acceptors (Lipinski definition) is 4. The molecular formula is C12H25N5O. The lowest BCUT2D eigenvalue weighted by Crippen LogP contribution is -2.56. The Morgan fingerprint density at radius 1 is 1.44 bits per heavy atom. The minimum atomic E-state index is 0.691. The van der Waals surface area contributed by atoms with Crippen molar-refractivity contribution in [1.82, 2.24) is 15.2 Å². The molecule has 2 aliphatic heterocycles. The maximum Gasteiger partial charge on any atom is 0.208 e. The molecule has 2 aliphatic rings. The summed E-state index contributed by atoms with van der Waals surface area (Å²) in [4.78, 5) is 9.38. The summed E-state index contributed by atoms with van der Waals surface area (Å²) in [7, 11) is 1.71. The Morgan fingerprint density at radius 2 is 2.33 bits per heavy atom. The third-order valence-corrected chi connectivity index (χ3v) is 3.78. The van der Waals surface area contributed by atoms with Gasteiger partial charge in [-0.25, -0.2) is 5.84 Å². The first-order valence-electron chi connectivity index (χ1n) is 6.84. The number of hydrogen-bond donors (Lipinski definition) is 2. The van der Waals surface area contributed by atoms with Gasteiger partial charge in [-0.2, -0.15) is 0 Å². The lowest BCUT2D eigenvalue weighted by atomic mass is 10.1. The van der Waals surface area contributed by atoms with Crippen molar-refractivity contribution in [3.8, 4) is 0 Å². The Balaban J connectivity index is 1.83. The number of nitrogens with zero attached hydrogens (tertiary/aromatic N) is 3.